The van der Waals surface area contributed by atoms with E-state index in [9.17, 15) is 14.7 Å². The predicted molar refractivity (Wildman–Crippen MR) is 112 cm³/mol. The summed E-state index contributed by atoms with van der Waals surface area (Å²) in [5.41, 5.74) is 4.68. The molecule has 3 N–H and O–H groups in total. The zero-order valence-corrected chi connectivity index (χ0v) is 19.1. The fourth-order valence-electron chi connectivity index (χ4n) is 5.48. The molecule has 0 unspecified atom stereocenters. The molecule has 0 radical (unpaired) electrons. The van der Waals surface area contributed by atoms with E-state index in [0.717, 1.165) is 19.4 Å². The van der Waals surface area contributed by atoms with Crippen LogP contribution in [0, 0.1) is 22.2 Å². The Balaban J connectivity index is 0.00000280. The number of amides is 2. The van der Waals surface area contributed by atoms with Crippen LogP contribution in [-0.4, -0.2) is 64.5 Å². The molecule has 2 heterocycles. The van der Waals surface area contributed by atoms with Crippen LogP contribution in [0.3, 0.4) is 0 Å². The van der Waals surface area contributed by atoms with Gasteiger partial charge in [-0.1, -0.05) is 27.7 Å². The molecule has 2 amide bonds. The van der Waals surface area contributed by atoms with E-state index in [-0.39, 0.29) is 41.0 Å². The third-order valence-corrected chi connectivity index (χ3v) is 7.91. The molecule has 3 fully saturated rings. The number of nitrogens with zero attached hydrogens (tertiary/aromatic N) is 2. The van der Waals surface area contributed by atoms with Crippen molar-refractivity contribution in [1.82, 2.24) is 9.80 Å². The van der Waals surface area contributed by atoms with Crippen LogP contribution in [0.25, 0.3) is 0 Å². The summed E-state index contributed by atoms with van der Waals surface area (Å²) < 4.78 is 0. The second-order valence-corrected chi connectivity index (χ2v) is 10.9. The molecule has 6 nitrogen and oxygen atoms in total. The van der Waals surface area contributed by atoms with Gasteiger partial charge < -0.3 is 20.6 Å². The Labute approximate surface area is 175 Å². The van der Waals surface area contributed by atoms with E-state index in [1.165, 1.54) is 0 Å². The van der Waals surface area contributed by atoms with Crippen molar-refractivity contribution in [2.24, 2.45) is 27.9 Å². The Kier molecular flexibility index (Phi) is 5.97. The monoisotopic (exact) mass is 415 g/mol. The SMILES string of the molecule is CC(C)(N)C(=O)N1CC[C@@H](O)[C@]2(CCCN(C(=O)C3C(C)(C)C3(C)C)C2)C1.Cl. The number of halogens is 1. The molecule has 0 aromatic carbocycles. The highest BCUT2D eigenvalue weighted by Crippen LogP contribution is 2.69. The lowest BCUT2D eigenvalue weighted by Crippen LogP contribution is -2.63. The first-order valence-electron chi connectivity index (χ1n) is 10.3. The van der Waals surface area contributed by atoms with Crippen molar-refractivity contribution in [2.75, 3.05) is 26.2 Å². The highest BCUT2D eigenvalue weighted by Gasteiger charge is 2.69. The summed E-state index contributed by atoms with van der Waals surface area (Å²) in [7, 11) is 0. The molecule has 162 valence electrons. The minimum absolute atomic E-state index is 0. The van der Waals surface area contributed by atoms with Crippen LogP contribution in [0.5, 0.6) is 0 Å². The van der Waals surface area contributed by atoms with Crippen LogP contribution in [0.2, 0.25) is 0 Å². The highest BCUT2D eigenvalue weighted by molar-refractivity contribution is 5.86. The van der Waals surface area contributed by atoms with Gasteiger partial charge in [-0.2, -0.15) is 0 Å². The van der Waals surface area contributed by atoms with Gasteiger partial charge in [0.1, 0.15) is 0 Å². The van der Waals surface area contributed by atoms with Crippen LogP contribution < -0.4 is 5.73 Å². The van der Waals surface area contributed by atoms with Crippen LogP contribution in [-0.2, 0) is 9.59 Å². The molecule has 7 heteroatoms. The van der Waals surface area contributed by atoms with E-state index in [2.05, 4.69) is 27.7 Å². The lowest BCUT2D eigenvalue weighted by Gasteiger charge is -2.51. The maximum absolute atomic E-state index is 13.2. The van der Waals surface area contributed by atoms with E-state index >= 15 is 0 Å². The van der Waals surface area contributed by atoms with Crippen LogP contribution in [0.1, 0.15) is 60.8 Å². The summed E-state index contributed by atoms with van der Waals surface area (Å²) in [5.74, 6) is 0.155. The fraction of sp³-hybridized carbons (Fsp3) is 0.905. The predicted octanol–water partition coefficient (Wildman–Crippen LogP) is 2.03. The van der Waals surface area contributed by atoms with Gasteiger partial charge in [0.25, 0.3) is 0 Å². The van der Waals surface area contributed by atoms with E-state index < -0.39 is 17.1 Å². The van der Waals surface area contributed by atoms with E-state index in [1.807, 2.05) is 4.90 Å². The van der Waals surface area contributed by atoms with Gasteiger partial charge >= 0.3 is 0 Å². The number of carbonyl (C=O) groups is 2. The van der Waals surface area contributed by atoms with Crippen molar-refractivity contribution in [3.05, 3.63) is 0 Å². The second-order valence-electron chi connectivity index (χ2n) is 10.9. The number of nitrogens with two attached hydrogens (primary N) is 1. The summed E-state index contributed by atoms with van der Waals surface area (Å²) in [6.45, 7) is 14.4. The lowest BCUT2D eigenvalue weighted by atomic mass is 9.71. The van der Waals surface area contributed by atoms with E-state index in [4.69, 9.17) is 5.73 Å². The van der Waals surface area contributed by atoms with Gasteiger partial charge in [-0.15, -0.1) is 12.4 Å². The first kappa shape index (κ1) is 23.4. The quantitative estimate of drug-likeness (QED) is 0.722. The number of aliphatic hydroxyl groups is 1. The average molecular weight is 416 g/mol. The van der Waals surface area contributed by atoms with E-state index in [1.54, 1.807) is 18.7 Å². The molecule has 3 rings (SSSR count). The van der Waals surface area contributed by atoms with Gasteiger partial charge in [-0.3, -0.25) is 9.59 Å². The Morgan fingerprint density at radius 2 is 1.57 bits per heavy atom. The molecular formula is C21H38ClN3O3. The molecule has 28 heavy (non-hydrogen) atoms. The fourth-order valence-corrected chi connectivity index (χ4v) is 5.48. The maximum Gasteiger partial charge on any atom is 0.242 e. The average Bonchev–Trinajstić information content (AvgIpc) is 2.97. The first-order valence-corrected chi connectivity index (χ1v) is 10.3. The van der Waals surface area contributed by atoms with Gasteiger partial charge in [-0.05, 0) is 43.9 Å². The number of rotatable bonds is 2. The summed E-state index contributed by atoms with van der Waals surface area (Å²) in [5, 5.41) is 10.8. The van der Waals surface area contributed by atoms with Crippen molar-refractivity contribution >= 4 is 24.2 Å². The van der Waals surface area contributed by atoms with Crippen molar-refractivity contribution in [3.8, 4) is 0 Å². The Bertz CT molecular complexity index is 629. The Morgan fingerprint density at radius 1 is 1.04 bits per heavy atom. The maximum atomic E-state index is 13.2. The number of aliphatic hydroxyl groups excluding tert-OH is 1. The Morgan fingerprint density at radius 3 is 2.07 bits per heavy atom. The van der Waals surface area contributed by atoms with Gasteiger partial charge in [0.15, 0.2) is 0 Å². The standard InChI is InChI=1S/C21H37N3O3.ClH/c1-18(2)15(19(18,3)4)16(26)23-10-7-9-21(12-23)13-24(11-8-14(21)25)17(27)20(5,6)22;/h14-15,25H,7-13,22H2,1-6H3;1H/t14-,21+;/m1./s1. The van der Waals surface area contributed by atoms with Crippen molar-refractivity contribution < 1.29 is 14.7 Å². The third kappa shape index (κ3) is 3.56. The molecule has 2 atom stereocenters. The third-order valence-electron chi connectivity index (χ3n) is 7.91. The molecule has 2 aliphatic heterocycles. The van der Waals surface area contributed by atoms with Crippen LogP contribution >= 0.6 is 12.4 Å². The summed E-state index contributed by atoms with van der Waals surface area (Å²) in [6.07, 6.45) is 1.76. The summed E-state index contributed by atoms with van der Waals surface area (Å²) >= 11 is 0. The molecule has 0 aromatic rings. The second kappa shape index (κ2) is 7.13. The number of hydrogen-bond donors (Lipinski definition) is 2. The summed E-state index contributed by atoms with van der Waals surface area (Å²) in [6, 6.07) is 0. The Hall–Kier alpha value is -0.850. The number of carbonyl (C=O) groups excluding carboxylic acids is 2. The number of piperidine rings is 2. The normalized spacial score (nSPS) is 32.1. The van der Waals surface area contributed by atoms with Crippen molar-refractivity contribution in [3.63, 3.8) is 0 Å². The topological polar surface area (TPSA) is 86.9 Å². The molecular weight excluding hydrogens is 378 g/mol. The highest BCUT2D eigenvalue weighted by atomic mass is 35.5. The number of hydrogen-bond acceptors (Lipinski definition) is 4. The smallest absolute Gasteiger partial charge is 0.242 e. The minimum atomic E-state index is -0.921. The zero-order valence-electron chi connectivity index (χ0n) is 18.2. The van der Waals surface area contributed by atoms with Gasteiger partial charge in [0, 0.05) is 37.5 Å². The van der Waals surface area contributed by atoms with Gasteiger partial charge in [-0.25, -0.2) is 0 Å². The van der Waals surface area contributed by atoms with E-state index in [0.29, 0.717) is 26.1 Å². The van der Waals surface area contributed by atoms with Crippen LogP contribution in [0.15, 0.2) is 0 Å². The number of likely N-dealkylation sites (tertiary alicyclic amines) is 2. The lowest BCUT2D eigenvalue weighted by molar-refractivity contribution is -0.152. The van der Waals surface area contributed by atoms with Crippen molar-refractivity contribution in [2.45, 2.75) is 72.4 Å². The van der Waals surface area contributed by atoms with Crippen molar-refractivity contribution in [1.29, 1.82) is 0 Å². The molecule has 0 aromatic heterocycles. The zero-order chi connectivity index (χ0) is 20.4. The summed E-state index contributed by atoms with van der Waals surface area (Å²) in [4.78, 5) is 29.7. The first-order chi connectivity index (χ1) is 12.2. The van der Waals surface area contributed by atoms with Crippen LogP contribution in [0.4, 0.5) is 0 Å². The molecule has 1 saturated carbocycles. The van der Waals surface area contributed by atoms with Gasteiger partial charge in [0.05, 0.1) is 11.6 Å². The minimum Gasteiger partial charge on any atom is -0.392 e. The molecule has 0 bridgehead atoms. The van der Waals surface area contributed by atoms with Gasteiger partial charge in [0.2, 0.25) is 11.8 Å². The largest absolute Gasteiger partial charge is 0.392 e. The molecule has 1 aliphatic carbocycles. The molecule has 2 saturated heterocycles. The molecule has 3 aliphatic rings. The molecule has 1 spiro atoms.